The quantitative estimate of drug-likeness (QED) is 0.879. The Morgan fingerprint density at radius 2 is 2.10 bits per heavy atom. The van der Waals surface area contributed by atoms with E-state index in [2.05, 4.69) is 19.7 Å². The average Bonchev–Trinajstić information content (AvgIpc) is 2.45. The van der Waals surface area contributed by atoms with Gasteiger partial charge in [0.15, 0.2) is 0 Å². The summed E-state index contributed by atoms with van der Waals surface area (Å²) in [5.41, 5.74) is 0.734. The zero-order chi connectivity index (χ0) is 14.6. The molecule has 0 atom stereocenters. The van der Waals surface area contributed by atoms with E-state index in [4.69, 9.17) is 5.26 Å². The number of nitriles is 1. The lowest BCUT2D eigenvalue weighted by Crippen LogP contribution is -2.24. The Balaban J connectivity index is 2.13. The fourth-order valence-electron chi connectivity index (χ4n) is 1.46. The third-order valence-corrected chi connectivity index (χ3v) is 3.82. The van der Waals surface area contributed by atoms with Gasteiger partial charge in [0, 0.05) is 12.4 Å². The van der Waals surface area contributed by atoms with Gasteiger partial charge in [-0.1, -0.05) is 0 Å². The van der Waals surface area contributed by atoms with E-state index in [1.165, 1.54) is 12.1 Å². The first-order valence-corrected chi connectivity index (χ1v) is 7.14. The minimum atomic E-state index is -3.68. The predicted octanol–water partition coefficient (Wildman–Crippen LogP) is 0.530. The number of hydrogen-bond acceptors (Lipinski definition) is 6. The van der Waals surface area contributed by atoms with Crippen molar-refractivity contribution in [3.8, 4) is 6.07 Å². The summed E-state index contributed by atoms with van der Waals surface area (Å²) in [6.45, 7) is 1.79. The summed E-state index contributed by atoms with van der Waals surface area (Å²) < 4.78 is 26.4. The molecule has 0 fully saturated rings. The molecule has 20 heavy (non-hydrogen) atoms. The van der Waals surface area contributed by atoms with Crippen LogP contribution in [0.2, 0.25) is 0 Å². The van der Waals surface area contributed by atoms with Crippen LogP contribution in [-0.2, 0) is 16.6 Å². The Morgan fingerprint density at radius 1 is 1.30 bits per heavy atom. The van der Waals surface area contributed by atoms with Crippen molar-refractivity contribution in [3.05, 3.63) is 47.8 Å². The second-order valence-electron chi connectivity index (χ2n) is 3.91. The molecule has 2 heterocycles. The van der Waals surface area contributed by atoms with Crippen LogP contribution in [0, 0.1) is 18.3 Å². The zero-order valence-corrected chi connectivity index (χ0v) is 11.4. The third kappa shape index (κ3) is 3.34. The van der Waals surface area contributed by atoms with Crippen molar-refractivity contribution in [1.29, 1.82) is 5.26 Å². The second kappa shape index (κ2) is 5.73. The van der Waals surface area contributed by atoms with E-state index in [1.807, 2.05) is 6.07 Å². The molecule has 7 nitrogen and oxygen atoms in total. The van der Waals surface area contributed by atoms with Gasteiger partial charge < -0.3 is 0 Å². The van der Waals surface area contributed by atoms with E-state index in [1.54, 1.807) is 19.2 Å². The summed E-state index contributed by atoms with van der Waals surface area (Å²) >= 11 is 0. The number of aromatic nitrogens is 3. The highest BCUT2D eigenvalue weighted by Gasteiger charge is 2.14. The molecule has 1 N–H and O–H groups in total. The standard InChI is InChI=1S/C12H11N5O2S/c1-9-14-5-4-11(17-9)7-16-20(18,19)12-3-2-10(6-13)15-8-12/h2-5,8,16H,7H2,1H3. The van der Waals surface area contributed by atoms with Crippen molar-refractivity contribution >= 4 is 10.0 Å². The van der Waals surface area contributed by atoms with Gasteiger partial charge in [-0.05, 0) is 25.1 Å². The highest BCUT2D eigenvalue weighted by atomic mass is 32.2. The first-order valence-electron chi connectivity index (χ1n) is 5.65. The smallest absolute Gasteiger partial charge is 0.242 e. The maximum atomic E-state index is 12.0. The fourth-order valence-corrected chi connectivity index (χ4v) is 2.40. The Kier molecular flexibility index (Phi) is 4.02. The Labute approximate surface area is 116 Å². The van der Waals surface area contributed by atoms with E-state index >= 15 is 0 Å². The molecule has 0 radical (unpaired) electrons. The Hall–Kier alpha value is -2.37. The molecule has 0 aliphatic rings. The summed E-state index contributed by atoms with van der Waals surface area (Å²) in [6, 6.07) is 6.14. The zero-order valence-electron chi connectivity index (χ0n) is 10.6. The summed E-state index contributed by atoms with van der Waals surface area (Å²) in [5.74, 6) is 0.571. The van der Waals surface area contributed by atoms with E-state index in [0.29, 0.717) is 11.5 Å². The van der Waals surface area contributed by atoms with Crippen molar-refractivity contribution in [2.75, 3.05) is 0 Å². The molecule has 0 amide bonds. The van der Waals surface area contributed by atoms with E-state index in [-0.39, 0.29) is 17.1 Å². The molecule has 0 aromatic carbocycles. The van der Waals surface area contributed by atoms with Crippen LogP contribution in [0.5, 0.6) is 0 Å². The molecule has 2 aromatic heterocycles. The molecular formula is C12H11N5O2S. The van der Waals surface area contributed by atoms with Crippen molar-refractivity contribution in [3.63, 3.8) is 0 Å². The fraction of sp³-hybridized carbons (Fsp3) is 0.167. The highest BCUT2D eigenvalue weighted by molar-refractivity contribution is 7.89. The van der Waals surface area contributed by atoms with Gasteiger partial charge in [-0.3, -0.25) is 0 Å². The van der Waals surface area contributed by atoms with Crippen LogP contribution >= 0.6 is 0 Å². The molecule has 0 unspecified atom stereocenters. The van der Waals surface area contributed by atoms with Crippen molar-refractivity contribution < 1.29 is 8.42 Å². The van der Waals surface area contributed by atoms with Gasteiger partial charge in [0.2, 0.25) is 10.0 Å². The average molecular weight is 289 g/mol. The predicted molar refractivity (Wildman–Crippen MR) is 69.7 cm³/mol. The first-order chi connectivity index (χ1) is 9.51. The lowest BCUT2D eigenvalue weighted by molar-refractivity contribution is 0.579. The van der Waals surface area contributed by atoms with E-state index in [9.17, 15) is 8.42 Å². The normalized spacial score (nSPS) is 11.0. The van der Waals surface area contributed by atoms with Crippen LogP contribution in [0.3, 0.4) is 0 Å². The largest absolute Gasteiger partial charge is 0.244 e. The Bertz CT molecular complexity index is 750. The highest BCUT2D eigenvalue weighted by Crippen LogP contribution is 2.08. The van der Waals surface area contributed by atoms with Crippen LogP contribution in [0.1, 0.15) is 17.2 Å². The van der Waals surface area contributed by atoms with Crippen molar-refractivity contribution in [2.45, 2.75) is 18.4 Å². The lowest BCUT2D eigenvalue weighted by Gasteiger charge is -2.06. The van der Waals surface area contributed by atoms with Crippen LogP contribution in [-0.4, -0.2) is 23.4 Å². The molecule has 8 heteroatoms. The van der Waals surface area contributed by atoms with Crippen LogP contribution in [0.4, 0.5) is 0 Å². The van der Waals surface area contributed by atoms with Gasteiger partial charge in [0.1, 0.15) is 22.5 Å². The van der Waals surface area contributed by atoms with Gasteiger partial charge in [0.25, 0.3) is 0 Å². The monoisotopic (exact) mass is 289 g/mol. The Morgan fingerprint density at radius 3 is 2.70 bits per heavy atom. The van der Waals surface area contributed by atoms with Crippen LogP contribution in [0.15, 0.2) is 35.5 Å². The minimum absolute atomic E-state index is 0.00211. The topological polar surface area (TPSA) is 109 Å². The molecule has 0 aliphatic carbocycles. The van der Waals surface area contributed by atoms with Crippen LogP contribution < -0.4 is 4.72 Å². The molecule has 2 rings (SSSR count). The number of hydrogen-bond donors (Lipinski definition) is 1. The number of aryl methyl sites for hydroxylation is 1. The van der Waals surface area contributed by atoms with Gasteiger partial charge in [-0.25, -0.2) is 28.1 Å². The van der Waals surface area contributed by atoms with Crippen molar-refractivity contribution in [2.24, 2.45) is 0 Å². The number of pyridine rings is 1. The summed E-state index contributed by atoms with van der Waals surface area (Å²) in [4.78, 5) is 11.8. The summed E-state index contributed by atoms with van der Waals surface area (Å²) in [6.07, 6.45) is 2.71. The van der Waals surface area contributed by atoms with Gasteiger partial charge in [-0.15, -0.1) is 0 Å². The third-order valence-electron chi connectivity index (χ3n) is 2.44. The molecule has 0 saturated heterocycles. The molecule has 0 saturated carbocycles. The SMILES string of the molecule is Cc1nccc(CNS(=O)(=O)c2ccc(C#N)nc2)n1. The van der Waals surface area contributed by atoms with E-state index in [0.717, 1.165) is 6.20 Å². The number of rotatable bonds is 4. The molecule has 2 aromatic rings. The second-order valence-corrected chi connectivity index (χ2v) is 5.68. The minimum Gasteiger partial charge on any atom is -0.244 e. The number of nitrogens with zero attached hydrogens (tertiary/aromatic N) is 4. The van der Waals surface area contributed by atoms with Gasteiger partial charge in [0.05, 0.1) is 12.2 Å². The van der Waals surface area contributed by atoms with Crippen LogP contribution in [0.25, 0.3) is 0 Å². The van der Waals surface area contributed by atoms with Gasteiger partial charge >= 0.3 is 0 Å². The molecule has 102 valence electrons. The number of sulfonamides is 1. The number of nitrogens with one attached hydrogen (secondary N) is 1. The van der Waals surface area contributed by atoms with E-state index < -0.39 is 10.0 Å². The molecule has 0 spiro atoms. The first kappa shape index (κ1) is 14.0. The molecular weight excluding hydrogens is 278 g/mol. The lowest BCUT2D eigenvalue weighted by atomic mass is 10.4. The van der Waals surface area contributed by atoms with Gasteiger partial charge in [-0.2, -0.15) is 5.26 Å². The maximum absolute atomic E-state index is 12.0. The molecule has 0 aliphatic heterocycles. The van der Waals surface area contributed by atoms with Crippen molar-refractivity contribution in [1.82, 2.24) is 19.7 Å². The maximum Gasteiger partial charge on any atom is 0.242 e. The summed E-state index contributed by atoms with van der Waals surface area (Å²) in [7, 11) is -3.68. The summed E-state index contributed by atoms with van der Waals surface area (Å²) in [5, 5.41) is 8.62. The molecule has 0 bridgehead atoms.